The quantitative estimate of drug-likeness (QED) is 0.774. The van der Waals surface area contributed by atoms with E-state index in [2.05, 4.69) is 0 Å². The van der Waals surface area contributed by atoms with E-state index in [0.29, 0.717) is 17.9 Å². The zero-order chi connectivity index (χ0) is 17.4. The van der Waals surface area contributed by atoms with E-state index >= 15 is 0 Å². The highest BCUT2D eigenvalue weighted by molar-refractivity contribution is 6.30. The molecule has 0 saturated carbocycles. The highest BCUT2D eigenvalue weighted by Crippen LogP contribution is 2.43. The van der Waals surface area contributed by atoms with Crippen LogP contribution in [0, 0.1) is 0 Å². The highest BCUT2D eigenvalue weighted by Gasteiger charge is 2.39. The van der Waals surface area contributed by atoms with Gasteiger partial charge >= 0.3 is 0 Å². The Morgan fingerprint density at radius 3 is 2.36 bits per heavy atom. The van der Waals surface area contributed by atoms with Gasteiger partial charge in [-0.05, 0) is 42.7 Å². The van der Waals surface area contributed by atoms with Gasteiger partial charge in [-0.1, -0.05) is 41.9 Å². The third-order valence-corrected chi connectivity index (χ3v) is 5.21. The Morgan fingerprint density at radius 1 is 0.920 bits per heavy atom. The Labute approximate surface area is 151 Å². The molecule has 0 unspecified atom stereocenters. The van der Waals surface area contributed by atoms with Crippen molar-refractivity contribution in [3.8, 4) is 0 Å². The van der Waals surface area contributed by atoms with E-state index in [1.54, 1.807) is 4.90 Å². The summed E-state index contributed by atoms with van der Waals surface area (Å²) in [5.74, 6) is 0.0294. The Balaban J connectivity index is 1.85. The summed E-state index contributed by atoms with van der Waals surface area (Å²) in [6, 6.07) is 17.1. The van der Waals surface area contributed by atoms with Crippen molar-refractivity contribution < 1.29 is 9.59 Å². The van der Waals surface area contributed by atoms with E-state index in [0.717, 1.165) is 35.4 Å². The number of ketones is 1. The maximum Gasteiger partial charge on any atom is 0.232 e. The molecule has 1 aliphatic heterocycles. The third kappa shape index (κ3) is 2.89. The predicted molar refractivity (Wildman–Crippen MR) is 98.6 cm³/mol. The van der Waals surface area contributed by atoms with Gasteiger partial charge in [0.25, 0.3) is 0 Å². The molecule has 1 atom stereocenters. The van der Waals surface area contributed by atoms with Crippen molar-refractivity contribution in [1.82, 2.24) is 0 Å². The van der Waals surface area contributed by atoms with Gasteiger partial charge in [-0.15, -0.1) is 0 Å². The number of carbonyl (C=O) groups excluding carboxylic acids is 2. The van der Waals surface area contributed by atoms with Gasteiger partial charge < -0.3 is 0 Å². The molecule has 1 heterocycles. The zero-order valence-electron chi connectivity index (χ0n) is 13.7. The summed E-state index contributed by atoms with van der Waals surface area (Å²) in [7, 11) is 0. The van der Waals surface area contributed by atoms with Crippen molar-refractivity contribution >= 4 is 29.0 Å². The number of anilines is 1. The first-order chi connectivity index (χ1) is 12.1. The summed E-state index contributed by atoms with van der Waals surface area (Å²) in [4.78, 5) is 27.5. The van der Waals surface area contributed by atoms with Crippen molar-refractivity contribution in [3.63, 3.8) is 0 Å². The first-order valence-corrected chi connectivity index (χ1v) is 8.92. The van der Waals surface area contributed by atoms with Gasteiger partial charge in [-0.3, -0.25) is 14.5 Å². The van der Waals surface area contributed by atoms with Gasteiger partial charge in [0.05, 0.1) is 0 Å². The van der Waals surface area contributed by atoms with Crippen LogP contribution in [-0.4, -0.2) is 11.7 Å². The molecule has 0 spiro atoms. The van der Waals surface area contributed by atoms with Crippen molar-refractivity contribution in [1.29, 1.82) is 0 Å². The van der Waals surface area contributed by atoms with E-state index in [-0.39, 0.29) is 17.6 Å². The average Bonchev–Trinajstić information content (AvgIpc) is 2.62. The number of para-hydroxylation sites is 1. The number of allylic oxidation sites excluding steroid dienone is 2. The van der Waals surface area contributed by atoms with E-state index in [4.69, 9.17) is 11.6 Å². The van der Waals surface area contributed by atoms with E-state index in [1.807, 2.05) is 54.6 Å². The largest absolute Gasteiger partial charge is 0.294 e. The van der Waals surface area contributed by atoms with E-state index < -0.39 is 0 Å². The number of hydrogen-bond acceptors (Lipinski definition) is 2. The van der Waals surface area contributed by atoms with Crippen LogP contribution in [-0.2, 0) is 9.59 Å². The number of amides is 1. The van der Waals surface area contributed by atoms with Gasteiger partial charge in [-0.25, -0.2) is 0 Å². The first-order valence-electron chi connectivity index (χ1n) is 8.55. The SMILES string of the molecule is O=C1CCCC2=C1[C@@H](c1ccc(Cl)cc1)CC(=O)N2c1ccccc1. The van der Waals surface area contributed by atoms with Crippen LogP contribution in [0.3, 0.4) is 0 Å². The summed E-state index contributed by atoms with van der Waals surface area (Å²) < 4.78 is 0. The van der Waals surface area contributed by atoms with Crippen molar-refractivity contribution in [2.75, 3.05) is 4.90 Å². The number of Topliss-reactive ketones (excluding diaryl/α,β-unsaturated/α-hetero) is 1. The molecule has 0 radical (unpaired) electrons. The number of carbonyl (C=O) groups is 2. The molecule has 1 amide bonds. The van der Waals surface area contributed by atoms with Gasteiger partial charge in [0, 0.05) is 40.7 Å². The molecule has 4 heteroatoms. The van der Waals surface area contributed by atoms with E-state index in [1.165, 1.54) is 0 Å². The van der Waals surface area contributed by atoms with Crippen molar-refractivity contribution in [3.05, 3.63) is 76.5 Å². The second-order valence-corrected chi connectivity index (χ2v) is 6.95. The molecule has 0 aromatic heterocycles. The van der Waals surface area contributed by atoms with Crippen LogP contribution in [0.15, 0.2) is 65.9 Å². The number of nitrogens with zero attached hydrogens (tertiary/aromatic N) is 1. The van der Waals surface area contributed by atoms with E-state index in [9.17, 15) is 9.59 Å². The fourth-order valence-corrected chi connectivity index (χ4v) is 3.98. The molecular formula is C21H18ClNO2. The first kappa shape index (κ1) is 16.1. The Morgan fingerprint density at radius 2 is 1.64 bits per heavy atom. The van der Waals surface area contributed by atoms with Crippen molar-refractivity contribution in [2.45, 2.75) is 31.6 Å². The zero-order valence-corrected chi connectivity index (χ0v) is 14.5. The van der Waals surface area contributed by atoms with Gasteiger partial charge in [0.1, 0.15) is 0 Å². The standard InChI is InChI=1S/C21H18ClNO2/c22-15-11-9-14(10-12-15)17-13-20(25)23(16-5-2-1-3-6-16)18-7-4-8-19(24)21(17)18/h1-3,5-6,9-12,17H,4,7-8,13H2/t17-/m1/s1. The lowest BCUT2D eigenvalue weighted by Gasteiger charge is -2.38. The lowest BCUT2D eigenvalue weighted by Crippen LogP contribution is -2.40. The summed E-state index contributed by atoms with van der Waals surface area (Å²) in [6.07, 6.45) is 2.41. The second kappa shape index (κ2) is 6.49. The minimum absolute atomic E-state index is 0.0413. The van der Waals surface area contributed by atoms with Crippen LogP contribution in [0.2, 0.25) is 5.02 Å². The minimum atomic E-state index is -0.174. The predicted octanol–water partition coefficient (Wildman–Crippen LogP) is 4.87. The van der Waals surface area contributed by atoms with Crippen LogP contribution in [0.4, 0.5) is 5.69 Å². The molecule has 4 rings (SSSR count). The lowest BCUT2D eigenvalue weighted by molar-refractivity contribution is -0.119. The minimum Gasteiger partial charge on any atom is -0.294 e. The molecule has 126 valence electrons. The van der Waals surface area contributed by atoms with Crippen LogP contribution in [0.1, 0.15) is 37.2 Å². The molecule has 3 nitrogen and oxygen atoms in total. The molecule has 2 aromatic rings. The summed E-state index contributed by atoms with van der Waals surface area (Å²) >= 11 is 5.99. The van der Waals surface area contributed by atoms with Gasteiger partial charge in [-0.2, -0.15) is 0 Å². The normalized spacial score (nSPS) is 20.7. The highest BCUT2D eigenvalue weighted by atomic mass is 35.5. The molecule has 25 heavy (non-hydrogen) atoms. The topological polar surface area (TPSA) is 37.4 Å². The van der Waals surface area contributed by atoms with Gasteiger partial charge in [0.15, 0.2) is 5.78 Å². The number of benzene rings is 2. The van der Waals surface area contributed by atoms with Crippen LogP contribution >= 0.6 is 11.6 Å². The summed E-state index contributed by atoms with van der Waals surface area (Å²) in [6.45, 7) is 0. The molecule has 1 aliphatic carbocycles. The maximum atomic E-state index is 13.0. The summed E-state index contributed by atoms with van der Waals surface area (Å²) in [5.41, 5.74) is 3.49. The third-order valence-electron chi connectivity index (χ3n) is 4.96. The number of hydrogen-bond donors (Lipinski definition) is 0. The molecule has 2 aromatic carbocycles. The monoisotopic (exact) mass is 351 g/mol. The van der Waals surface area contributed by atoms with Crippen LogP contribution in [0.25, 0.3) is 0 Å². The molecule has 0 N–H and O–H groups in total. The molecular weight excluding hydrogens is 334 g/mol. The molecule has 2 aliphatic rings. The van der Waals surface area contributed by atoms with Gasteiger partial charge in [0.2, 0.25) is 5.91 Å². The Kier molecular flexibility index (Phi) is 4.18. The Hall–Kier alpha value is -2.39. The fourth-order valence-electron chi connectivity index (χ4n) is 3.85. The average molecular weight is 352 g/mol. The van der Waals surface area contributed by atoms with Crippen LogP contribution < -0.4 is 4.90 Å². The molecule has 0 saturated heterocycles. The fraction of sp³-hybridized carbons (Fsp3) is 0.238. The molecule has 0 bridgehead atoms. The Bertz CT molecular complexity index is 855. The van der Waals surface area contributed by atoms with Crippen molar-refractivity contribution in [2.24, 2.45) is 0 Å². The smallest absolute Gasteiger partial charge is 0.232 e. The van der Waals surface area contributed by atoms with Crippen LogP contribution in [0.5, 0.6) is 0 Å². The molecule has 0 fully saturated rings. The second-order valence-electron chi connectivity index (χ2n) is 6.51. The lowest BCUT2D eigenvalue weighted by atomic mass is 9.77. The number of rotatable bonds is 2. The summed E-state index contributed by atoms with van der Waals surface area (Å²) in [5, 5.41) is 0.654. The number of halogens is 1. The maximum absolute atomic E-state index is 13.0.